The van der Waals surface area contributed by atoms with Crippen LogP contribution in [0.5, 0.6) is 0 Å². The maximum atomic E-state index is 6.17. The van der Waals surface area contributed by atoms with Crippen molar-refractivity contribution in [2.75, 3.05) is 0 Å². The minimum atomic E-state index is -0.113. The van der Waals surface area contributed by atoms with E-state index < -0.39 is 0 Å². The molecule has 1 aliphatic rings. The second-order valence-corrected chi connectivity index (χ2v) is 12.7. The molecular weight excluding hydrogens is 578 g/mol. The number of aromatic nitrogens is 1. The van der Waals surface area contributed by atoms with E-state index in [1.54, 1.807) is 0 Å². The summed E-state index contributed by atoms with van der Waals surface area (Å²) in [6.45, 7) is 4.73. The summed E-state index contributed by atoms with van der Waals surface area (Å²) >= 11 is 3.75. The summed E-state index contributed by atoms with van der Waals surface area (Å²) in [5.41, 5.74) is 13.2. The molecule has 8 aromatic rings. The first-order chi connectivity index (χ1) is 20.5. The third-order valence-corrected chi connectivity index (χ3v) is 9.91. The fraction of sp³-hybridized carbons (Fsp3) is 0.0769. The Bertz CT molecular complexity index is 2400. The van der Waals surface area contributed by atoms with E-state index in [1.165, 1.54) is 60.9 Å². The van der Waals surface area contributed by atoms with Crippen LogP contribution in [0.4, 0.5) is 0 Å². The molecule has 42 heavy (non-hydrogen) atoms. The van der Waals surface area contributed by atoms with Gasteiger partial charge in [-0.3, -0.25) is 0 Å². The van der Waals surface area contributed by atoms with Gasteiger partial charge in [-0.2, -0.15) is 0 Å². The summed E-state index contributed by atoms with van der Waals surface area (Å²) < 4.78 is 9.70. The quantitative estimate of drug-likeness (QED) is 0.192. The first-order valence-electron chi connectivity index (χ1n) is 14.4. The van der Waals surface area contributed by atoms with E-state index >= 15 is 0 Å². The van der Waals surface area contributed by atoms with Crippen molar-refractivity contribution in [3.8, 4) is 27.9 Å². The zero-order chi connectivity index (χ0) is 28.2. The average molecular weight is 605 g/mol. The number of para-hydroxylation sites is 1. The number of halogens is 1. The highest BCUT2D eigenvalue weighted by atomic mass is 79.9. The van der Waals surface area contributed by atoms with Crippen molar-refractivity contribution in [1.29, 1.82) is 0 Å². The molecule has 0 radical (unpaired) electrons. The molecule has 1 aliphatic carbocycles. The van der Waals surface area contributed by atoms with Crippen molar-refractivity contribution in [3.05, 3.63) is 137 Å². The Morgan fingerprint density at radius 1 is 0.595 bits per heavy atom. The zero-order valence-corrected chi connectivity index (χ0v) is 24.9. The van der Waals surface area contributed by atoms with E-state index in [1.807, 2.05) is 12.1 Å². The van der Waals surface area contributed by atoms with Gasteiger partial charge in [0, 0.05) is 31.4 Å². The van der Waals surface area contributed by atoms with E-state index in [4.69, 9.17) is 4.42 Å². The first-order valence-corrected chi connectivity index (χ1v) is 15.2. The lowest BCUT2D eigenvalue weighted by Crippen LogP contribution is -2.18. The van der Waals surface area contributed by atoms with E-state index in [0.717, 1.165) is 26.4 Å². The SMILES string of the molecule is CC1(C)c2ccccc2-c2cccc(-n3c4ccccc4c4ccc(-c5ccc6oc7cccc(Br)c7c6c5)cc43)c21. The molecule has 0 amide bonds. The molecular formula is C39H26BrNO. The summed E-state index contributed by atoms with van der Waals surface area (Å²) in [5.74, 6) is 0. The van der Waals surface area contributed by atoms with Crippen LogP contribution < -0.4 is 0 Å². The average Bonchev–Trinajstić information content (AvgIpc) is 3.63. The second kappa shape index (κ2) is 8.47. The lowest BCUT2D eigenvalue weighted by atomic mass is 9.81. The van der Waals surface area contributed by atoms with Crippen LogP contribution in [0.15, 0.2) is 130 Å². The summed E-state index contributed by atoms with van der Waals surface area (Å²) in [6, 6.07) is 44.0. The van der Waals surface area contributed by atoms with Crippen LogP contribution in [0.2, 0.25) is 0 Å². The smallest absolute Gasteiger partial charge is 0.136 e. The third kappa shape index (κ3) is 3.15. The Hall–Kier alpha value is -4.60. The van der Waals surface area contributed by atoms with Crippen molar-refractivity contribution < 1.29 is 4.42 Å². The maximum absolute atomic E-state index is 6.17. The lowest BCUT2D eigenvalue weighted by Gasteiger charge is -2.25. The van der Waals surface area contributed by atoms with Gasteiger partial charge in [0.15, 0.2) is 0 Å². The van der Waals surface area contributed by atoms with E-state index in [2.05, 4.69) is 144 Å². The first kappa shape index (κ1) is 24.0. The second-order valence-electron chi connectivity index (χ2n) is 11.9. The van der Waals surface area contributed by atoms with Crippen LogP contribution >= 0.6 is 15.9 Å². The Kier molecular flexibility index (Phi) is 4.85. The molecule has 0 saturated heterocycles. The fourth-order valence-corrected chi connectivity index (χ4v) is 7.94. The normalized spacial score (nSPS) is 13.8. The summed E-state index contributed by atoms with van der Waals surface area (Å²) in [6.07, 6.45) is 0. The van der Waals surface area contributed by atoms with Gasteiger partial charge >= 0.3 is 0 Å². The molecule has 2 nitrogen and oxygen atoms in total. The van der Waals surface area contributed by atoms with Crippen LogP contribution in [0.3, 0.4) is 0 Å². The molecule has 2 aromatic heterocycles. The standard InChI is InChI=1S/C39H26BrNO/c1-39(2)30-12-5-3-9-25(30)28-11-7-15-33(38(28)39)41-32-14-6-4-10-26(32)27-19-17-24(22-34(27)41)23-18-20-35-29(21-23)37-31(40)13-8-16-36(37)42-35/h3-22H,1-2H3. The van der Waals surface area contributed by atoms with Crippen LogP contribution in [-0.2, 0) is 5.41 Å². The van der Waals surface area contributed by atoms with Gasteiger partial charge in [0.1, 0.15) is 11.2 Å². The molecule has 0 bridgehead atoms. The molecule has 0 fully saturated rings. The van der Waals surface area contributed by atoms with Gasteiger partial charge < -0.3 is 8.98 Å². The summed E-state index contributed by atoms with van der Waals surface area (Å²) in [5, 5.41) is 4.77. The summed E-state index contributed by atoms with van der Waals surface area (Å²) in [4.78, 5) is 0. The molecule has 0 N–H and O–H groups in total. The van der Waals surface area contributed by atoms with Crippen molar-refractivity contribution in [2.24, 2.45) is 0 Å². The molecule has 200 valence electrons. The van der Waals surface area contributed by atoms with Crippen LogP contribution in [0.25, 0.3) is 71.7 Å². The predicted octanol–water partition coefficient (Wildman–Crippen LogP) is 11.4. The highest BCUT2D eigenvalue weighted by molar-refractivity contribution is 9.10. The number of nitrogens with zero attached hydrogens (tertiary/aromatic N) is 1. The number of benzene rings is 6. The Balaban J connectivity index is 1.33. The van der Waals surface area contributed by atoms with Gasteiger partial charge in [0.05, 0.1) is 16.7 Å². The number of furan rings is 1. The molecule has 6 aromatic carbocycles. The number of hydrogen-bond donors (Lipinski definition) is 0. The third-order valence-electron chi connectivity index (χ3n) is 9.25. The van der Waals surface area contributed by atoms with Crippen molar-refractivity contribution in [2.45, 2.75) is 19.3 Å². The van der Waals surface area contributed by atoms with E-state index in [0.29, 0.717) is 0 Å². The van der Waals surface area contributed by atoms with Gasteiger partial charge in [-0.25, -0.2) is 0 Å². The van der Waals surface area contributed by atoms with E-state index in [9.17, 15) is 0 Å². The number of hydrogen-bond acceptors (Lipinski definition) is 1. The van der Waals surface area contributed by atoms with Gasteiger partial charge in [-0.05, 0) is 75.8 Å². The predicted molar refractivity (Wildman–Crippen MR) is 179 cm³/mol. The molecule has 0 atom stereocenters. The van der Waals surface area contributed by atoms with Crippen molar-refractivity contribution in [3.63, 3.8) is 0 Å². The molecule has 0 saturated carbocycles. The highest BCUT2D eigenvalue weighted by Gasteiger charge is 2.38. The fourth-order valence-electron chi connectivity index (χ4n) is 7.38. The van der Waals surface area contributed by atoms with Crippen LogP contribution in [-0.4, -0.2) is 4.57 Å². The van der Waals surface area contributed by atoms with Crippen LogP contribution in [0, 0.1) is 0 Å². The zero-order valence-electron chi connectivity index (χ0n) is 23.3. The highest BCUT2D eigenvalue weighted by Crippen LogP contribution is 2.51. The lowest BCUT2D eigenvalue weighted by molar-refractivity contribution is 0.656. The molecule has 9 rings (SSSR count). The molecule has 0 aliphatic heterocycles. The Morgan fingerprint density at radius 3 is 2.26 bits per heavy atom. The monoisotopic (exact) mass is 603 g/mol. The van der Waals surface area contributed by atoms with Crippen molar-refractivity contribution in [1.82, 2.24) is 4.57 Å². The minimum absolute atomic E-state index is 0.113. The van der Waals surface area contributed by atoms with Gasteiger partial charge in [-0.15, -0.1) is 0 Å². The Labute approximate surface area is 251 Å². The molecule has 2 heterocycles. The number of fused-ring (bicyclic) bond motifs is 9. The summed E-state index contributed by atoms with van der Waals surface area (Å²) in [7, 11) is 0. The topological polar surface area (TPSA) is 18.1 Å². The van der Waals surface area contributed by atoms with Gasteiger partial charge in [0.25, 0.3) is 0 Å². The largest absolute Gasteiger partial charge is 0.456 e. The maximum Gasteiger partial charge on any atom is 0.136 e. The van der Waals surface area contributed by atoms with Crippen LogP contribution in [0.1, 0.15) is 25.0 Å². The molecule has 0 spiro atoms. The van der Waals surface area contributed by atoms with Gasteiger partial charge in [0.2, 0.25) is 0 Å². The van der Waals surface area contributed by atoms with Crippen molar-refractivity contribution >= 4 is 59.7 Å². The molecule has 3 heteroatoms. The number of rotatable bonds is 2. The van der Waals surface area contributed by atoms with Gasteiger partial charge in [-0.1, -0.05) is 109 Å². The molecule has 0 unspecified atom stereocenters. The Morgan fingerprint density at radius 2 is 1.33 bits per heavy atom. The minimum Gasteiger partial charge on any atom is -0.456 e. The van der Waals surface area contributed by atoms with E-state index in [-0.39, 0.29) is 5.41 Å².